The Balaban J connectivity index is 2.12. The van der Waals surface area contributed by atoms with Gasteiger partial charge in [-0.15, -0.1) is 0 Å². The highest BCUT2D eigenvalue weighted by molar-refractivity contribution is 5.78. The largest absolute Gasteiger partial charge is 0.416 e. The van der Waals surface area contributed by atoms with Gasteiger partial charge >= 0.3 is 6.18 Å². The minimum absolute atomic E-state index is 0.0127. The Morgan fingerprint density at radius 2 is 1.52 bits per heavy atom. The summed E-state index contributed by atoms with van der Waals surface area (Å²) >= 11 is 0. The van der Waals surface area contributed by atoms with E-state index >= 15 is 0 Å². The number of aryl methyl sites for hydroxylation is 2. The van der Waals surface area contributed by atoms with Crippen LogP contribution in [0.4, 0.5) is 13.2 Å². The number of benzene rings is 2. The molecule has 0 aromatic heterocycles. The van der Waals surface area contributed by atoms with E-state index in [0.29, 0.717) is 12.0 Å². The number of nitrogens with two attached hydrogens (primary N) is 1. The monoisotopic (exact) mass is 378 g/mol. The first-order chi connectivity index (χ1) is 12.7. The van der Waals surface area contributed by atoms with Gasteiger partial charge in [0.15, 0.2) is 0 Å². The summed E-state index contributed by atoms with van der Waals surface area (Å²) in [5.74, 6) is 4.54. The highest BCUT2D eigenvalue weighted by Crippen LogP contribution is 2.33. The maximum atomic E-state index is 13.4. The fourth-order valence-corrected chi connectivity index (χ4v) is 2.84. The van der Waals surface area contributed by atoms with Gasteiger partial charge in [0.1, 0.15) is 5.78 Å². The quantitative estimate of drug-likeness (QED) is 0.442. The lowest BCUT2D eigenvalue weighted by Crippen LogP contribution is -2.31. The first-order valence-corrected chi connectivity index (χ1v) is 8.44. The molecule has 2 aromatic carbocycles. The average molecular weight is 378 g/mol. The Morgan fingerprint density at radius 3 is 2.07 bits per heavy atom. The van der Waals surface area contributed by atoms with Crippen molar-refractivity contribution in [3.63, 3.8) is 0 Å². The Hall–Kier alpha value is -2.67. The van der Waals surface area contributed by atoms with Crippen LogP contribution in [0.3, 0.4) is 0 Å². The number of Topliss-reactive ketones (excluding diaryl/α,β-unsaturated/α-hetero) is 1. The van der Waals surface area contributed by atoms with Crippen LogP contribution in [0.1, 0.15) is 34.7 Å². The number of halogens is 3. The third-order valence-electron chi connectivity index (χ3n) is 4.16. The number of nitrogens with one attached hydrogen (secondary N) is 1. The second-order valence-corrected chi connectivity index (χ2v) is 6.43. The molecule has 0 heterocycles. The number of alkyl halides is 3. The number of rotatable bonds is 7. The zero-order valence-corrected chi connectivity index (χ0v) is 14.9. The van der Waals surface area contributed by atoms with Gasteiger partial charge < -0.3 is 0 Å². The molecule has 0 fully saturated rings. The van der Waals surface area contributed by atoms with Crippen LogP contribution in [0.25, 0.3) is 0 Å². The standard InChI is InChI=1S/C20H21F3N2O2/c1-13(26)10-16-7-9-17(18(11-16)20(21,22)23)8-6-14-2-4-15(5-3-14)12-19(27)25-24/h2-5,7,9,11H,6,8,10,12,24H2,1H3,(H,25,27). The zero-order chi connectivity index (χ0) is 20.0. The molecular formula is C20H21F3N2O2. The summed E-state index contributed by atoms with van der Waals surface area (Å²) < 4.78 is 40.1. The third kappa shape index (κ3) is 6.21. The van der Waals surface area contributed by atoms with E-state index in [9.17, 15) is 22.8 Å². The Kier molecular flexibility index (Phi) is 6.74. The molecule has 1 amide bonds. The lowest BCUT2D eigenvalue weighted by Gasteiger charge is -2.14. The van der Waals surface area contributed by atoms with Crippen molar-refractivity contribution in [1.29, 1.82) is 0 Å². The molecule has 0 saturated carbocycles. The number of ketones is 1. The van der Waals surface area contributed by atoms with Gasteiger partial charge in [-0.2, -0.15) is 13.2 Å². The number of carbonyl (C=O) groups excluding carboxylic acids is 2. The van der Waals surface area contributed by atoms with Crippen LogP contribution in [-0.4, -0.2) is 11.7 Å². The number of hydrazine groups is 1. The van der Waals surface area contributed by atoms with E-state index in [1.165, 1.54) is 13.0 Å². The van der Waals surface area contributed by atoms with Crippen molar-refractivity contribution in [3.8, 4) is 0 Å². The zero-order valence-electron chi connectivity index (χ0n) is 14.9. The van der Waals surface area contributed by atoms with Crippen LogP contribution in [0.5, 0.6) is 0 Å². The highest BCUT2D eigenvalue weighted by atomic mass is 19.4. The van der Waals surface area contributed by atoms with Crippen molar-refractivity contribution in [2.24, 2.45) is 5.84 Å². The minimum atomic E-state index is -4.47. The molecule has 0 bridgehead atoms. The van der Waals surface area contributed by atoms with Gasteiger partial charge in [-0.1, -0.05) is 36.4 Å². The van der Waals surface area contributed by atoms with Gasteiger partial charge in [0, 0.05) is 6.42 Å². The van der Waals surface area contributed by atoms with Crippen LogP contribution in [0, 0.1) is 0 Å². The molecule has 2 rings (SSSR count). The van der Waals surface area contributed by atoms with Crippen LogP contribution in [0.15, 0.2) is 42.5 Å². The Morgan fingerprint density at radius 1 is 0.926 bits per heavy atom. The van der Waals surface area contributed by atoms with Crippen molar-refractivity contribution in [2.75, 3.05) is 0 Å². The number of hydrogen-bond acceptors (Lipinski definition) is 3. The van der Waals surface area contributed by atoms with Gasteiger partial charge in [0.2, 0.25) is 5.91 Å². The van der Waals surface area contributed by atoms with Gasteiger partial charge in [0.25, 0.3) is 0 Å². The molecule has 0 aliphatic rings. The predicted molar refractivity (Wildman–Crippen MR) is 95.7 cm³/mol. The van der Waals surface area contributed by atoms with Gasteiger partial charge in [-0.05, 0) is 48.1 Å². The van der Waals surface area contributed by atoms with E-state index in [2.05, 4.69) is 0 Å². The molecule has 0 atom stereocenters. The second kappa shape index (κ2) is 8.81. The lowest BCUT2D eigenvalue weighted by atomic mass is 9.95. The molecule has 4 nitrogen and oxygen atoms in total. The first kappa shape index (κ1) is 20.6. The number of amides is 1. The van der Waals surface area contributed by atoms with Crippen molar-refractivity contribution in [1.82, 2.24) is 5.43 Å². The molecule has 27 heavy (non-hydrogen) atoms. The van der Waals surface area contributed by atoms with Crippen LogP contribution in [0.2, 0.25) is 0 Å². The molecule has 144 valence electrons. The van der Waals surface area contributed by atoms with Crippen LogP contribution < -0.4 is 11.3 Å². The number of carbonyl (C=O) groups is 2. The first-order valence-electron chi connectivity index (χ1n) is 8.44. The van der Waals surface area contributed by atoms with Gasteiger partial charge in [-0.25, -0.2) is 5.84 Å². The van der Waals surface area contributed by atoms with E-state index in [-0.39, 0.29) is 36.5 Å². The Bertz CT molecular complexity index is 815. The lowest BCUT2D eigenvalue weighted by molar-refractivity contribution is -0.138. The molecule has 0 unspecified atom stereocenters. The highest BCUT2D eigenvalue weighted by Gasteiger charge is 2.33. The topological polar surface area (TPSA) is 72.2 Å². The maximum absolute atomic E-state index is 13.4. The van der Waals surface area contributed by atoms with E-state index in [1.807, 2.05) is 5.43 Å². The van der Waals surface area contributed by atoms with E-state index in [0.717, 1.165) is 17.2 Å². The van der Waals surface area contributed by atoms with Crippen molar-refractivity contribution in [3.05, 3.63) is 70.3 Å². The maximum Gasteiger partial charge on any atom is 0.416 e. The smallest absolute Gasteiger partial charge is 0.300 e. The summed E-state index contributed by atoms with van der Waals surface area (Å²) in [6, 6.07) is 11.2. The third-order valence-corrected chi connectivity index (χ3v) is 4.16. The molecule has 0 spiro atoms. The van der Waals surface area contributed by atoms with Crippen molar-refractivity contribution in [2.45, 2.75) is 38.8 Å². The van der Waals surface area contributed by atoms with E-state index < -0.39 is 11.7 Å². The minimum Gasteiger partial charge on any atom is -0.300 e. The Labute approximate surface area is 155 Å². The molecule has 2 aromatic rings. The normalized spacial score (nSPS) is 11.3. The fourth-order valence-electron chi connectivity index (χ4n) is 2.84. The average Bonchev–Trinajstić information content (AvgIpc) is 2.60. The van der Waals surface area contributed by atoms with E-state index in [4.69, 9.17) is 5.84 Å². The molecule has 0 saturated heterocycles. The van der Waals surface area contributed by atoms with E-state index in [1.54, 1.807) is 30.3 Å². The molecule has 7 heteroatoms. The predicted octanol–water partition coefficient (Wildman–Crippen LogP) is 3.15. The van der Waals surface area contributed by atoms with Gasteiger partial charge in [-0.3, -0.25) is 15.0 Å². The van der Waals surface area contributed by atoms with Crippen molar-refractivity contribution < 1.29 is 22.8 Å². The SMILES string of the molecule is CC(=O)Cc1ccc(CCc2ccc(CC(=O)NN)cc2)c(C(F)(F)F)c1. The van der Waals surface area contributed by atoms with Gasteiger partial charge in [0.05, 0.1) is 12.0 Å². The van der Waals surface area contributed by atoms with Crippen LogP contribution >= 0.6 is 0 Å². The summed E-state index contributed by atoms with van der Waals surface area (Å²) in [5.41, 5.74) is 3.54. The number of hydrogen-bond donors (Lipinski definition) is 2. The van der Waals surface area contributed by atoms with Crippen LogP contribution in [-0.2, 0) is 41.4 Å². The molecular weight excluding hydrogens is 357 g/mol. The summed E-state index contributed by atoms with van der Waals surface area (Å²) in [4.78, 5) is 22.4. The molecule has 0 aliphatic carbocycles. The molecule has 3 N–H and O–H groups in total. The summed E-state index contributed by atoms with van der Waals surface area (Å²) in [6.45, 7) is 1.35. The molecule has 0 aliphatic heterocycles. The summed E-state index contributed by atoms with van der Waals surface area (Å²) in [7, 11) is 0. The molecule has 0 radical (unpaired) electrons. The summed E-state index contributed by atoms with van der Waals surface area (Å²) in [6.07, 6.45) is -3.69. The second-order valence-electron chi connectivity index (χ2n) is 6.43. The fraction of sp³-hybridized carbons (Fsp3) is 0.300. The summed E-state index contributed by atoms with van der Waals surface area (Å²) in [5, 5.41) is 0. The van der Waals surface area contributed by atoms with Crippen molar-refractivity contribution >= 4 is 11.7 Å².